The normalized spacial score (nSPS) is 10.2. The number of hydrogen-bond donors (Lipinski definition) is 1. The molecule has 0 atom stereocenters. The molecular formula is C18H20N2O5. The van der Waals surface area contributed by atoms with E-state index >= 15 is 0 Å². The van der Waals surface area contributed by atoms with Crippen LogP contribution >= 0.6 is 0 Å². The van der Waals surface area contributed by atoms with Crippen molar-refractivity contribution in [3.05, 3.63) is 58.1 Å². The van der Waals surface area contributed by atoms with Gasteiger partial charge in [-0.05, 0) is 31.5 Å². The number of benzene rings is 2. The number of nitrogens with one attached hydrogen (secondary N) is 1. The van der Waals surface area contributed by atoms with Crippen LogP contribution in [0.25, 0.3) is 0 Å². The van der Waals surface area contributed by atoms with E-state index in [0.717, 1.165) is 0 Å². The van der Waals surface area contributed by atoms with Crippen LogP contribution in [0.4, 0.5) is 11.4 Å². The van der Waals surface area contributed by atoms with Gasteiger partial charge in [-0.3, -0.25) is 14.9 Å². The lowest BCUT2D eigenvalue weighted by atomic mass is 10.1. The standard InChI is InChI=1S/C18H20N2O5/c1-3-24-15-9-10-17(25-4-2)16(12-15)19-18(21)11-13-5-7-14(8-6-13)20(22)23/h5-10,12H,3-4,11H2,1-2H3,(H,19,21). The van der Waals surface area contributed by atoms with Crippen LogP contribution < -0.4 is 14.8 Å². The number of nitrogens with zero attached hydrogens (tertiary/aromatic N) is 1. The van der Waals surface area contributed by atoms with Gasteiger partial charge in [0, 0.05) is 18.2 Å². The van der Waals surface area contributed by atoms with Crippen LogP contribution in [-0.2, 0) is 11.2 Å². The molecule has 0 saturated heterocycles. The highest BCUT2D eigenvalue weighted by atomic mass is 16.6. The van der Waals surface area contributed by atoms with E-state index in [-0.39, 0.29) is 18.0 Å². The predicted octanol–water partition coefficient (Wildman–Crippen LogP) is 3.57. The minimum absolute atomic E-state index is 0.00722. The minimum Gasteiger partial charge on any atom is -0.494 e. The van der Waals surface area contributed by atoms with E-state index in [0.29, 0.717) is 36.0 Å². The molecule has 0 spiro atoms. The Balaban J connectivity index is 2.10. The number of nitro benzene ring substituents is 1. The fraction of sp³-hybridized carbons (Fsp3) is 0.278. The van der Waals surface area contributed by atoms with Crippen LogP contribution in [0.1, 0.15) is 19.4 Å². The maximum atomic E-state index is 12.3. The summed E-state index contributed by atoms with van der Waals surface area (Å²) in [7, 11) is 0. The van der Waals surface area contributed by atoms with E-state index in [1.165, 1.54) is 12.1 Å². The molecule has 1 N–H and O–H groups in total. The minimum atomic E-state index is -0.475. The molecule has 7 heteroatoms. The largest absolute Gasteiger partial charge is 0.494 e. The Labute approximate surface area is 145 Å². The summed E-state index contributed by atoms with van der Waals surface area (Å²) in [5, 5.41) is 13.5. The summed E-state index contributed by atoms with van der Waals surface area (Å²) in [6, 6.07) is 11.1. The quantitative estimate of drug-likeness (QED) is 0.584. The van der Waals surface area contributed by atoms with Crippen LogP contribution in [0.2, 0.25) is 0 Å². The highest BCUT2D eigenvalue weighted by Crippen LogP contribution is 2.29. The van der Waals surface area contributed by atoms with Crippen molar-refractivity contribution < 1.29 is 19.2 Å². The maximum absolute atomic E-state index is 12.3. The summed E-state index contributed by atoms with van der Waals surface area (Å²) in [6.07, 6.45) is 0.0996. The smallest absolute Gasteiger partial charge is 0.269 e. The van der Waals surface area contributed by atoms with Crippen LogP contribution in [0.15, 0.2) is 42.5 Å². The Morgan fingerprint density at radius 2 is 1.76 bits per heavy atom. The van der Waals surface area contributed by atoms with Crippen molar-refractivity contribution in [1.29, 1.82) is 0 Å². The fourth-order valence-corrected chi connectivity index (χ4v) is 2.26. The third kappa shape index (κ3) is 5.20. The number of hydrogen-bond acceptors (Lipinski definition) is 5. The van der Waals surface area contributed by atoms with Crippen LogP contribution in [0.5, 0.6) is 11.5 Å². The molecular weight excluding hydrogens is 324 g/mol. The molecule has 0 radical (unpaired) electrons. The first-order chi connectivity index (χ1) is 12.0. The summed E-state index contributed by atoms with van der Waals surface area (Å²) in [4.78, 5) is 22.5. The fourth-order valence-electron chi connectivity index (χ4n) is 2.26. The van der Waals surface area contributed by atoms with E-state index < -0.39 is 4.92 Å². The van der Waals surface area contributed by atoms with Crippen molar-refractivity contribution in [2.24, 2.45) is 0 Å². The van der Waals surface area contributed by atoms with Gasteiger partial charge in [-0.1, -0.05) is 12.1 Å². The monoisotopic (exact) mass is 344 g/mol. The molecule has 0 unspecified atom stereocenters. The van der Waals surface area contributed by atoms with Gasteiger partial charge in [-0.15, -0.1) is 0 Å². The zero-order chi connectivity index (χ0) is 18.2. The van der Waals surface area contributed by atoms with E-state index in [1.54, 1.807) is 30.3 Å². The molecule has 0 aliphatic carbocycles. The summed E-state index contributed by atoms with van der Waals surface area (Å²) >= 11 is 0. The molecule has 7 nitrogen and oxygen atoms in total. The highest BCUT2D eigenvalue weighted by Gasteiger charge is 2.11. The number of ether oxygens (including phenoxy) is 2. The molecule has 1 amide bonds. The number of amides is 1. The molecule has 0 bridgehead atoms. The second kappa shape index (κ2) is 8.68. The van der Waals surface area contributed by atoms with Crippen molar-refractivity contribution in [3.8, 4) is 11.5 Å². The maximum Gasteiger partial charge on any atom is 0.269 e. The molecule has 0 aliphatic rings. The van der Waals surface area contributed by atoms with Crippen molar-refractivity contribution in [2.75, 3.05) is 18.5 Å². The summed E-state index contributed by atoms with van der Waals surface area (Å²) in [5.74, 6) is 0.947. The number of nitro groups is 1. The van der Waals surface area contributed by atoms with Gasteiger partial charge < -0.3 is 14.8 Å². The molecule has 2 aromatic carbocycles. The average molecular weight is 344 g/mol. The van der Waals surface area contributed by atoms with Crippen molar-refractivity contribution in [2.45, 2.75) is 20.3 Å². The first kappa shape index (κ1) is 18.3. The van der Waals surface area contributed by atoms with Crippen LogP contribution in [0.3, 0.4) is 0 Å². The van der Waals surface area contributed by atoms with Crippen molar-refractivity contribution >= 4 is 17.3 Å². The lowest BCUT2D eigenvalue weighted by Crippen LogP contribution is -2.15. The third-order valence-electron chi connectivity index (χ3n) is 3.35. The predicted molar refractivity (Wildman–Crippen MR) is 94.2 cm³/mol. The number of carbonyl (C=O) groups is 1. The molecule has 25 heavy (non-hydrogen) atoms. The number of non-ortho nitro benzene ring substituents is 1. The molecule has 132 valence electrons. The van der Waals surface area contributed by atoms with Gasteiger partial charge >= 0.3 is 0 Å². The lowest BCUT2D eigenvalue weighted by Gasteiger charge is -2.13. The third-order valence-corrected chi connectivity index (χ3v) is 3.35. The van der Waals surface area contributed by atoms with Gasteiger partial charge in [0.25, 0.3) is 5.69 Å². The van der Waals surface area contributed by atoms with Gasteiger partial charge in [-0.25, -0.2) is 0 Å². The second-order valence-corrected chi connectivity index (χ2v) is 5.17. The lowest BCUT2D eigenvalue weighted by molar-refractivity contribution is -0.384. The Hall–Kier alpha value is -3.09. The molecule has 0 saturated carbocycles. The Morgan fingerprint density at radius 3 is 2.36 bits per heavy atom. The SMILES string of the molecule is CCOc1ccc(OCC)c(NC(=O)Cc2ccc([N+](=O)[O-])cc2)c1. The van der Waals surface area contributed by atoms with Crippen LogP contribution in [-0.4, -0.2) is 24.0 Å². The Bertz CT molecular complexity index is 744. The topological polar surface area (TPSA) is 90.7 Å². The Morgan fingerprint density at radius 1 is 1.08 bits per heavy atom. The molecule has 2 aromatic rings. The number of carbonyl (C=O) groups excluding carboxylic acids is 1. The molecule has 0 aromatic heterocycles. The molecule has 2 rings (SSSR count). The van der Waals surface area contributed by atoms with Crippen molar-refractivity contribution in [1.82, 2.24) is 0 Å². The first-order valence-electron chi connectivity index (χ1n) is 7.96. The summed E-state index contributed by atoms with van der Waals surface area (Å²) < 4.78 is 11.0. The van der Waals surface area contributed by atoms with Gasteiger partial charge in [0.2, 0.25) is 5.91 Å². The van der Waals surface area contributed by atoms with E-state index in [2.05, 4.69) is 5.32 Å². The Kier molecular flexibility index (Phi) is 6.33. The zero-order valence-corrected chi connectivity index (χ0v) is 14.2. The summed E-state index contributed by atoms with van der Waals surface area (Å²) in [5.41, 5.74) is 1.20. The van der Waals surface area contributed by atoms with Gasteiger partial charge in [0.1, 0.15) is 11.5 Å². The zero-order valence-electron chi connectivity index (χ0n) is 14.2. The molecule has 0 fully saturated rings. The second-order valence-electron chi connectivity index (χ2n) is 5.17. The van der Waals surface area contributed by atoms with E-state index in [9.17, 15) is 14.9 Å². The highest BCUT2D eigenvalue weighted by molar-refractivity contribution is 5.94. The molecule has 0 aliphatic heterocycles. The molecule has 0 heterocycles. The average Bonchev–Trinajstić information content (AvgIpc) is 2.58. The van der Waals surface area contributed by atoms with E-state index in [4.69, 9.17) is 9.47 Å². The van der Waals surface area contributed by atoms with E-state index in [1.807, 2.05) is 13.8 Å². The summed E-state index contributed by atoms with van der Waals surface area (Å²) in [6.45, 7) is 4.73. The number of rotatable bonds is 8. The van der Waals surface area contributed by atoms with Crippen LogP contribution in [0, 0.1) is 10.1 Å². The number of anilines is 1. The van der Waals surface area contributed by atoms with Gasteiger partial charge in [0.15, 0.2) is 0 Å². The van der Waals surface area contributed by atoms with Gasteiger partial charge in [-0.2, -0.15) is 0 Å². The van der Waals surface area contributed by atoms with Crippen molar-refractivity contribution in [3.63, 3.8) is 0 Å². The van der Waals surface area contributed by atoms with Gasteiger partial charge in [0.05, 0.1) is 30.2 Å². The first-order valence-corrected chi connectivity index (χ1v) is 7.96.